The lowest BCUT2D eigenvalue weighted by atomic mass is 9.84. The number of aliphatic imine (C=N–C) groups is 1. The van der Waals surface area contributed by atoms with Gasteiger partial charge < -0.3 is 14.2 Å². The molecule has 0 N–H and O–H groups in total. The molecule has 52 heavy (non-hydrogen) atoms. The maximum absolute atomic E-state index is 13.9. The minimum Gasteiger partial charge on any atom is -0.468 e. The Labute approximate surface area is 317 Å². The Balaban J connectivity index is 1.54. The Morgan fingerprint density at radius 2 is 0.904 bits per heavy atom. The van der Waals surface area contributed by atoms with Gasteiger partial charge in [-0.3, -0.25) is 14.6 Å². The highest BCUT2D eigenvalue weighted by Gasteiger charge is 2.47. The van der Waals surface area contributed by atoms with Crippen LogP contribution in [0.3, 0.4) is 0 Å². The predicted octanol–water partition coefficient (Wildman–Crippen LogP) is 8.26. The standard InChI is InChI=1S/C42H39NO6S3/c1-47-39(44)35(43-36(30-19-9-4-10-20-30)31-21-11-5-12-22-31)29-50-52-38(41(46)49-3)37(40(45)48-2)51-42(32-23-13-6-14-24-32,33-25-15-7-16-26-33)34-27-17-8-18-28-34/h4-28,35,37-38H,29H2,1-3H3/t35-,37-,38+/m0/s1. The zero-order valence-corrected chi connectivity index (χ0v) is 31.4. The molecule has 0 saturated carbocycles. The van der Waals surface area contributed by atoms with Crippen LogP contribution in [0.5, 0.6) is 0 Å². The van der Waals surface area contributed by atoms with Crippen molar-refractivity contribution in [2.24, 2.45) is 4.99 Å². The SMILES string of the molecule is COC(=O)[C@H](CSS[C@@H](C(=O)OC)[C@H](SC(c1ccccc1)(c1ccccc1)c1ccccc1)C(=O)OC)N=C(c1ccccc1)c1ccccc1. The van der Waals surface area contributed by atoms with Gasteiger partial charge in [0.2, 0.25) is 0 Å². The summed E-state index contributed by atoms with van der Waals surface area (Å²) in [6.45, 7) is 0. The van der Waals surface area contributed by atoms with Crippen molar-refractivity contribution in [2.75, 3.05) is 27.1 Å². The largest absolute Gasteiger partial charge is 0.468 e. The Morgan fingerprint density at radius 3 is 1.29 bits per heavy atom. The van der Waals surface area contributed by atoms with Gasteiger partial charge in [-0.1, -0.05) is 173 Å². The minimum absolute atomic E-state index is 0.147. The molecule has 0 fully saturated rings. The average molecular weight is 750 g/mol. The summed E-state index contributed by atoms with van der Waals surface area (Å²) >= 11 is 1.33. The lowest BCUT2D eigenvalue weighted by Crippen LogP contribution is -2.41. The summed E-state index contributed by atoms with van der Waals surface area (Å²) in [4.78, 5) is 45.7. The van der Waals surface area contributed by atoms with E-state index in [4.69, 9.17) is 19.2 Å². The van der Waals surface area contributed by atoms with Gasteiger partial charge in [0.05, 0.1) is 31.8 Å². The van der Waals surface area contributed by atoms with Gasteiger partial charge in [0, 0.05) is 16.9 Å². The molecule has 0 saturated heterocycles. The van der Waals surface area contributed by atoms with Crippen LogP contribution in [0, 0.1) is 0 Å². The molecule has 0 unspecified atom stereocenters. The van der Waals surface area contributed by atoms with E-state index in [1.807, 2.05) is 152 Å². The Bertz CT molecular complexity index is 1770. The molecule has 0 aliphatic carbocycles. The van der Waals surface area contributed by atoms with E-state index in [0.717, 1.165) is 38.6 Å². The van der Waals surface area contributed by atoms with Gasteiger partial charge in [-0.2, -0.15) is 0 Å². The summed E-state index contributed by atoms with van der Waals surface area (Å²) < 4.78 is 15.0. The third kappa shape index (κ3) is 9.17. The number of carbonyl (C=O) groups excluding carboxylic acids is 3. The molecule has 10 heteroatoms. The predicted molar refractivity (Wildman–Crippen MR) is 213 cm³/mol. The van der Waals surface area contributed by atoms with Crippen molar-refractivity contribution in [1.82, 2.24) is 0 Å². The van der Waals surface area contributed by atoms with Crippen molar-refractivity contribution in [3.8, 4) is 0 Å². The van der Waals surface area contributed by atoms with E-state index in [1.165, 1.54) is 43.9 Å². The van der Waals surface area contributed by atoms with E-state index >= 15 is 0 Å². The number of hydrogen-bond acceptors (Lipinski definition) is 10. The van der Waals surface area contributed by atoms with Crippen LogP contribution < -0.4 is 0 Å². The van der Waals surface area contributed by atoms with Crippen molar-refractivity contribution in [2.45, 2.75) is 21.3 Å². The molecule has 0 aliphatic heterocycles. The summed E-state index contributed by atoms with van der Waals surface area (Å²) in [5, 5.41) is -2.08. The molecule has 0 spiro atoms. The number of esters is 3. The van der Waals surface area contributed by atoms with Crippen LogP contribution in [0.25, 0.3) is 0 Å². The third-order valence-electron chi connectivity index (χ3n) is 8.24. The monoisotopic (exact) mass is 749 g/mol. The van der Waals surface area contributed by atoms with E-state index in [9.17, 15) is 14.4 Å². The van der Waals surface area contributed by atoms with Crippen LogP contribution in [-0.4, -0.2) is 67.2 Å². The van der Waals surface area contributed by atoms with Gasteiger partial charge in [0.1, 0.15) is 10.5 Å². The van der Waals surface area contributed by atoms with Crippen molar-refractivity contribution in [3.05, 3.63) is 179 Å². The molecule has 0 aromatic heterocycles. The Hall–Kier alpha value is -4.77. The minimum atomic E-state index is -1.04. The van der Waals surface area contributed by atoms with Gasteiger partial charge in [-0.15, -0.1) is 11.8 Å². The third-order valence-corrected chi connectivity index (χ3v) is 12.9. The number of rotatable bonds is 16. The molecule has 0 amide bonds. The number of carbonyl (C=O) groups is 3. The van der Waals surface area contributed by atoms with Crippen LogP contribution in [0.2, 0.25) is 0 Å². The van der Waals surface area contributed by atoms with Crippen molar-refractivity contribution >= 4 is 57.0 Å². The first-order valence-corrected chi connectivity index (χ1v) is 19.7. The van der Waals surface area contributed by atoms with Crippen molar-refractivity contribution < 1.29 is 28.6 Å². The zero-order chi connectivity index (χ0) is 36.8. The first-order valence-electron chi connectivity index (χ1n) is 16.5. The molecular weight excluding hydrogens is 711 g/mol. The van der Waals surface area contributed by atoms with E-state index < -0.39 is 39.2 Å². The van der Waals surface area contributed by atoms with Crippen LogP contribution in [0.1, 0.15) is 27.8 Å². The van der Waals surface area contributed by atoms with Gasteiger partial charge in [-0.25, -0.2) is 4.79 Å². The first kappa shape index (κ1) is 38.5. The van der Waals surface area contributed by atoms with Gasteiger partial charge >= 0.3 is 17.9 Å². The summed E-state index contributed by atoms with van der Waals surface area (Å²) in [5.41, 5.74) is 5.07. The maximum Gasteiger partial charge on any atom is 0.331 e. The number of nitrogens with zero attached hydrogens (tertiary/aromatic N) is 1. The molecule has 5 aromatic rings. The van der Waals surface area contributed by atoms with Crippen LogP contribution >= 0.6 is 33.3 Å². The molecule has 0 heterocycles. The van der Waals surface area contributed by atoms with Gasteiger partial charge in [0.15, 0.2) is 6.04 Å². The second kappa shape index (κ2) is 19.2. The van der Waals surface area contributed by atoms with Crippen LogP contribution in [-0.2, 0) is 33.3 Å². The molecular formula is C42H39NO6S3. The summed E-state index contributed by atoms with van der Waals surface area (Å²) in [6.07, 6.45) is 0. The second-order valence-corrected chi connectivity index (χ2v) is 15.3. The van der Waals surface area contributed by atoms with E-state index in [1.54, 1.807) is 0 Å². The number of ether oxygens (including phenoxy) is 3. The van der Waals surface area contributed by atoms with Crippen LogP contribution in [0.15, 0.2) is 157 Å². The average Bonchev–Trinajstić information content (AvgIpc) is 3.22. The molecule has 266 valence electrons. The fraction of sp³-hybridized carbons (Fsp3) is 0.190. The summed E-state index contributed by atoms with van der Waals surface area (Å²) in [5.74, 6) is -1.56. The number of methoxy groups -OCH3 is 3. The Morgan fingerprint density at radius 1 is 0.538 bits per heavy atom. The fourth-order valence-electron chi connectivity index (χ4n) is 5.73. The Kier molecular flexibility index (Phi) is 14.2. The molecule has 0 bridgehead atoms. The lowest BCUT2D eigenvalue weighted by Gasteiger charge is -2.38. The first-order chi connectivity index (χ1) is 25.4. The summed E-state index contributed by atoms with van der Waals surface area (Å²) in [6, 6.07) is 48.0. The molecule has 0 aliphatic rings. The van der Waals surface area contributed by atoms with Crippen LogP contribution in [0.4, 0.5) is 0 Å². The topological polar surface area (TPSA) is 91.3 Å². The van der Waals surface area contributed by atoms with Gasteiger partial charge in [-0.05, 0) is 16.7 Å². The number of thioether (sulfide) groups is 1. The highest BCUT2D eigenvalue weighted by molar-refractivity contribution is 8.77. The number of hydrogen-bond donors (Lipinski definition) is 0. The zero-order valence-electron chi connectivity index (χ0n) is 29.0. The van der Waals surface area contributed by atoms with E-state index in [2.05, 4.69) is 0 Å². The van der Waals surface area contributed by atoms with Crippen molar-refractivity contribution in [1.29, 1.82) is 0 Å². The second-order valence-electron chi connectivity index (χ2n) is 11.4. The summed E-state index contributed by atoms with van der Waals surface area (Å²) in [7, 11) is 6.33. The molecule has 7 nitrogen and oxygen atoms in total. The number of benzene rings is 5. The van der Waals surface area contributed by atoms with Gasteiger partial charge in [0.25, 0.3) is 0 Å². The quantitative estimate of drug-likeness (QED) is 0.0325. The molecule has 5 aromatic carbocycles. The lowest BCUT2D eigenvalue weighted by molar-refractivity contribution is -0.145. The fourth-order valence-corrected chi connectivity index (χ4v) is 10.5. The molecule has 3 atom stereocenters. The van der Waals surface area contributed by atoms with E-state index in [0.29, 0.717) is 5.71 Å². The molecule has 5 rings (SSSR count). The maximum atomic E-state index is 13.9. The molecule has 0 radical (unpaired) electrons. The normalized spacial score (nSPS) is 12.8. The highest BCUT2D eigenvalue weighted by Crippen LogP contribution is 2.52. The highest BCUT2D eigenvalue weighted by atomic mass is 33.1. The van der Waals surface area contributed by atoms with E-state index in [-0.39, 0.29) is 5.75 Å². The van der Waals surface area contributed by atoms with Crippen molar-refractivity contribution in [3.63, 3.8) is 0 Å². The smallest absolute Gasteiger partial charge is 0.331 e.